The number of nitrogens with one attached hydrogen (secondary N) is 1. The molecular formula is C23H16ClN3O2. The SMILES string of the molecule is O=C(Nc1ccc(Cl)cc1)c1cccc(-c2cnc(Oc3ccccc3)nc2)c1. The van der Waals surface area contributed by atoms with Gasteiger partial charge in [-0.25, -0.2) is 9.97 Å². The van der Waals surface area contributed by atoms with Gasteiger partial charge in [0.25, 0.3) is 5.91 Å². The highest BCUT2D eigenvalue weighted by Crippen LogP contribution is 2.23. The molecule has 1 N–H and O–H groups in total. The number of benzene rings is 3. The van der Waals surface area contributed by atoms with Gasteiger partial charge in [-0.3, -0.25) is 4.79 Å². The molecule has 0 saturated heterocycles. The standard InChI is InChI=1S/C23H16ClN3O2/c24-19-9-11-20(12-10-19)27-22(28)17-6-4-5-16(13-17)18-14-25-23(26-15-18)29-21-7-2-1-3-8-21/h1-15H,(H,27,28). The van der Waals surface area contributed by atoms with Crippen LogP contribution in [0.4, 0.5) is 5.69 Å². The molecule has 0 radical (unpaired) electrons. The number of amides is 1. The van der Waals surface area contributed by atoms with Crippen molar-refractivity contribution >= 4 is 23.2 Å². The Hall–Kier alpha value is -3.70. The first kappa shape index (κ1) is 18.7. The van der Waals surface area contributed by atoms with E-state index in [1.165, 1.54) is 0 Å². The van der Waals surface area contributed by atoms with Gasteiger partial charge in [-0.05, 0) is 54.1 Å². The van der Waals surface area contributed by atoms with Crippen LogP contribution in [0.5, 0.6) is 11.8 Å². The molecule has 0 unspecified atom stereocenters. The highest BCUT2D eigenvalue weighted by molar-refractivity contribution is 6.30. The summed E-state index contributed by atoms with van der Waals surface area (Å²) in [5.41, 5.74) is 2.82. The van der Waals surface area contributed by atoms with Gasteiger partial charge in [-0.2, -0.15) is 0 Å². The van der Waals surface area contributed by atoms with Gasteiger partial charge in [0, 0.05) is 34.2 Å². The maximum atomic E-state index is 12.5. The van der Waals surface area contributed by atoms with Gasteiger partial charge in [0.15, 0.2) is 0 Å². The first-order valence-corrected chi connectivity index (χ1v) is 9.27. The Kier molecular flexibility index (Phi) is 5.49. The average molecular weight is 402 g/mol. The molecule has 0 aliphatic heterocycles. The number of hydrogen-bond acceptors (Lipinski definition) is 4. The summed E-state index contributed by atoms with van der Waals surface area (Å²) in [5.74, 6) is 0.459. The number of nitrogens with zero attached hydrogens (tertiary/aromatic N) is 2. The van der Waals surface area contributed by atoms with E-state index in [1.807, 2.05) is 42.5 Å². The third-order valence-corrected chi connectivity index (χ3v) is 4.39. The van der Waals surface area contributed by atoms with Crippen LogP contribution in [0.15, 0.2) is 91.3 Å². The molecule has 142 valence electrons. The number of carbonyl (C=O) groups excluding carboxylic acids is 1. The number of para-hydroxylation sites is 1. The second-order valence-corrected chi connectivity index (χ2v) is 6.65. The Morgan fingerprint density at radius 1 is 0.828 bits per heavy atom. The van der Waals surface area contributed by atoms with E-state index in [9.17, 15) is 4.79 Å². The van der Waals surface area contributed by atoms with Gasteiger partial charge < -0.3 is 10.1 Å². The summed E-state index contributed by atoms with van der Waals surface area (Å²) in [5, 5.41) is 3.47. The predicted molar refractivity (Wildman–Crippen MR) is 113 cm³/mol. The van der Waals surface area contributed by atoms with Crippen molar-refractivity contribution in [2.24, 2.45) is 0 Å². The van der Waals surface area contributed by atoms with Crippen molar-refractivity contribution in [2.45, 2.75) is 0 Å². The molecule has 0 aliphatic carbocycles. The van der Waals surface area contributed by atoms with Crippen molar-refractivity contribution in [3.63, 3.8) is 0 Å². The molecular weight excluding hydrogens is 386 g/mol. The second kappa shape index (κ2) is 8.54. The van der Waals surface area contributed by atoms with Crippen molar-refractivity contribution in [2.75, 3.05) is 5.32 Å². The maximum absolute atomic E-state index is 12.5. The molecule has 29 heavy (non-hydrogen) atoms. The number of anilines is 1. The molecule has 0 spiro atoms. The van der Waals surface area contributed by atoms with Gasteiger partial charge in [0.05, 0.1) is 0 Å². The summed E-state index contributed by atoms with van der Waals surface area (Å²) in [6.07, 6.45) is 3.34. The van der Waals surface area contributed by atoms with Crippen LogP contribution in [0, 0.1) is 0 Å². The highest BCUT2D eigenvalue weighted by atomic mass is 35.5. The first-order valence-electron chi connectivity index (χ1n) is 8.90. The molecule has 6 heteroatoms. The van der Waals surface area contributed by atoms with Crippen molar-refractivity contribution in [1.82, 2.24) is 9.97 Å². The fraction of sp³-hybridized carbons (Fsp3) is 0. The zero-order chi connectivity index (χ0) is 20.1. The van der Waals surface area contributed by atoms with Crippen molar-refractivity contribution in [1.29, 1.82) is 0 Å². The third kappa shape index (κ3) is 4.78. The van der Waals surface area contributed by atoms with Crippen LogP contribution in [-0.4, -0.2) is 15.9 Å². The second-order valence-electron chi connectivity index (χ2n) is 6.21. The lowest BCUT2D eigenvalue weighted by atomic mass is 10.1. The smallest absolute Gasteiger partial charge is 0.321 e. The quantitative estimate of drug-likeness (QED) is 0.456. The molecule has 0 saturated carbocycles. The molecule has 0 fully saturated rings. The van der Waals surface area contributed by atoms with Gasteiger partial charge in [-0.15, -0.1) is 0 Å². The summed E-state index contributed by atoms with van der Waals surface area (Å²) in [6.45, 7) is 0. The molecule has 0 aliphatic rings. The summed E-state index contributed by atoms with van der Waals surface area (Å²) in [7, 11) is 0. The first-order chi connectivity index (χ1) is 14.2. The number of carbonyl (C=O) groups is 1. The van der Waals surface area contributed by atoms with Crippen LogP contribution in [0.1, 0.15) is 10.4 Å². The minimum absolute atomic E-state index is 0.209. The van der Waals surface area contributed by atoms with E-state index < -0.39 is 0 Å². The van der Waals surface area contributed by atoms with E-state index in [0.29, 0.717) is 22.0 Å². The minimum Gasteiger partial charge on any atom is -0.424 e. The maximum Gasteiger partial charge on any atom is 0.321 e. The van der Waals surface area contributed by atoms with E-state index in [4.69, 9.17) is 16.3 Å². The molecule has 3 aromatic carbocycles. The van der Waals surface area contributed by atoms with Crippen LogP contribution < -0.4 is 10.1 Å². The fourth-order valence-electron chi connectivity index (χ4n) is 2.69. The van der Waals surface area contributed by atoms with Crippen LogP contribution >= 0.6 is 11.6 Å². The third-order valence-electron chi connectivity index (χ3n) is 4.14. The number of halogens is 1. The molecule has 5 nitrogen and oxygen atoms in total. The Balaban J connectivity index is 1.49. The van der Waals surface area contributed by atoms with Gasteiger partial charge in [0.1, 0.15) is 5.75 Å². The normalized spacial score (nSPS) is 10.4. The number of rotatable bonds is 5. The zero-order valence-corrected chi connectivity index (χ0v) is 16.0. The summed E-state index contributed by atoms with van der Waals surface area (Å²) >= 11 is 5.88. The number of hydrogen-bond donors (Lipinski definition) is 1. The lowest BCUT2D eigenvalue weighted by Gasteiger charge is -2.08. The van der Waals surface area contributed by atoms with Crippen molar-refractivity contribution in [3.05, 3.63) is 102 Å². The van der Waals surface area contributed by atoms with Gasteiger partial charge in [-0.1, -0.05) is 41.9 Å². The van der Waals surface area contributed by atoms with E-state index >= 15 is 0 Å². The Morgan fingerprint density at radius 3 is 2.28 bits per heavy atom. The van der Waals surface area contributed by atoms with Crippen LogP contribution in [-0.2, 0) is 0 Å². The Morgan fingerprint density at radius 2 is 1.55 bits per heavy atom. The van der Waals surface area contributed by atoms with E-state index in [2.05, 4.69) is 15.3 Å². The van der Waals surface area contributed by atoms with Gasteiger partial charge in [0.2, 0.25) is 0 Å². The Labute approximate surface area is 173 Å². The lowest BCUT2D eigenvalue weighted by Crippen LogP contribution is -2.11. The van der Waals surface area contributed by atoms with Crippen molar-refractivity contribution < 1.29 is 9.53 Å². The van der Waals surface area contributed by atoms with Crippen LogP contribution in [0.25, 0.3) is 11.1 Å². The monoisotopic (exact) mass is 401 g/mol. The predicted octanol–water partition coefficient (Wildman–Crippen LogP) is 5.84. The minimum atomic E-state index is -0.209. The summed E-state index contributed by atoms with van der Waals surface area (Å²) < 4.78 is 5.61. The molecule has 4 rings (SSSR count). The topological polar surface area (TPSA) is 64.1 Å². The summed E-state index contributed by atoms with van der Waals surface area (Å²) in [6, 6.07) is 23.8. The van der Waals surface area contributed by atoms with Crippen LogP contribution in [0.3, 0.4) is 0 Å². The van der Waals surface area contributed by atoms with Crippen LogP contribution in [0.2, 0.25) is 5.02 Å². The molecule has 0 bridgehead atoms. The number of aromatic nitrogens is 2. The molecule has 1 amide bonds. The highest BCUT2D eigenvalue weighted by Gasteiger charge is 2.09. The summed E-state index contributed by atoms with van der Waals surface area (Å²) in [4.78, 5) is 21.1. The molecule has 0 atom stereocenters. The molecule has 1 heterocycles. The van der Waals surface area contributed by atoms with Gasteiger partial charge >= 0.3 is 6.01 Å². The van der Waals surface area contributed by atoms with Crippen molar-refractivity contribution in [3.8, 4) is 22.9 Å². The zero-order valence-electron chi connectivity index (χ0n) is 15.2. The van der Waals surface area contributed by atoms with E-state index in [1.54, 1.807) is 48.8 Å². The van der Waals surface area contributed by atoms with E-state index in [-0.39, 0.29) is 11.9 Å². The molecule has 4 aromatic rings. The lowest BCUT2D eigenvalue weighted by molar-refractivity contribution is 0.102. The largest absolute Gasteiger partial charge is 0.424 e. The average Bonchev–Trinajstić information content (AvgIpc) is 2.77. The molecule has 1 aromatic heterocycles. The number of ether oxygens (including phenoxy) is 1. The van der Waals surface area contributed by atoms with E-state index in [0.717, 1.165) is 11.1 Å². The fourth-order valence-corrected chi connectivity index (χ4v) is 2.81. The Bertz CT molecular complexity index is 1110.